The lowest BCUT2D eigenvalue weighted by Gasteiger charge is -2.08. The third-order valence-corrected chi connectivity index (χ3v) is 5.03. The molecule has 0 spiro atoms. The fraction of sp³-hybridized carbons (Fsp3) is 0.238. The van der Waals surface area contributed by atoms with Gasteiger partial charge in [0.2, 0.25) is 6.79 Å². The van der Waals surface area contributed by atoms with E-state index < -0.39 is 0 Å². The SMILES string of the molecule is CCCCOc1ccc(NC(=O)Nc2nc(-c3ccc4c(c3)OCO4)cs2)cc1. The van der Waals surface area contributed by atoms with Gasteiger partial charge >= 0.3 is 6.03 Å². The second-order valence-electron chi connectivity index (χ2n) is 6.41. The summed E-state index contributed by atoms with van der Waals surface area (Å²) in [6, 6.07) is 12.6. The molecule has 7 nitrogen and oxygen atoms in total. The molecule has 2 N–H and O–H groups in total. The van der Waals surface area contributed by atoms with Gasteiger partial charge in [0.15, 0.2) is 16.6 Å². The topological polar surface area (TPSA) is 81.7 Å². The summed E-state index contributed by atoms with van der Waals surface area (Å²) in [5.41, 5.74) is 2.34. The van der Waals surface area contributed by atoms with Gasteiger partial charge in [0.1, 0.15) is 5.75 Å². The first-order valence-electron chi connectivity index (χ1n) is 9.37. The summed E-state index contributed by atoms with van der Waals surface area (Å²) in [5, 5.41) is 7.95. The number of urea groups is 1. The molecule has 4 rings (SSSR count). The predicted octanol–water partition coefficient (Wildman–Crippen LogP) is 5.36. The summed E-state index contributed by atoms with van der Waals surface area (Å²) < 4.78 is 16.3. The second-order valence-corrected chi connectivity index (χ2v) is 7.27. The zero-order valence-electron chi connectivity index (χ0n) is 15.9. The highest BCUT2D eigenvalue weighted by Gasteiger charge is 2.15. The van der Waals surface area contributed by atoms with E-state index in [9.17, 15) is 4.79 Å². The van der Waals surface area contributed by atoms with Crippen LogP contribution in [0.5, 0.6) is 17.2 Å². The van der Waals surface area contributed by atoms with Gasteiger partial charge in [0.25, 0.3) is 0 Å². The fourth-order valence-corrected chi connectivity index (χ4v) is 3.46. The highest BCUT2D eigenvalue weighted by molar-refractivity contribution is 7.14. The van der Waals surface area contributed by atoms with Crippen molar-refractivity contribution in [3.05, 3.63) is 47.8 Å². The summed E-state index contributed by atoms with van der Waals surface area (Å²) in [5.74, 6) is 2.21. The van der Waals surface area contributed by atoms with Crippen molar-refractivity contribution >= 4 is 28.2 Å². The normalized spacial score (nSPS) is 11.9. The van der Waals surface area contributed by atoms with Gasteiger partial charge in [-0.25, -0.2) is 9.78 Å². The average molecular weight is 411 g/mol. The lowest BCUT2D eigenvalue weighted by atomic mass is 10.1. The Labute approximate surface area is 172 Å². The Bertz CT molecular complexity index is 988. The molecule has 1 aliphatic rings. The van der Waals surface area contributed by atoms with Crippen LogP contribution in [0.3, 0.4) is 0 Å². The van der Waals surface area contributed by atoms with Crippen LogP contribution in [0.4, 0.5) is 15.6 Å². The van der Waals surface area contributed by atoms with E-state index in [0.717, 1.165) is 35.6 Å². The van der Waals surface area contributed by atoms with Gasteiger partial charge in [-0.15, -0.1) is 11.3 Å². The minimum absolute atomic E-state index is 0.231. The number of unbranched alkanes of at least 4 members (excludes halogenated alkanes) is 1. The molecule has 0 aliphatic carbocycles. The second kappa shape index (κ2) is 8.83. The number of ether oxygens (including phenoxy) is 3. The average Bonchev–Trinajstić information content (AvgIpc) is 3.38. The molecule has 2 aromatic carbocycles. The number of hydrogen-bond acceptors (Lipinski definition) is 6. The standard InChI is InChI=1S/C21H21N3O4S/c1-2-3-10-26-16-7-5-15(6-8-16)22-20(25)24-21-23-17(12-29-21)14-4-9-18-19(11-14)28-13-27-18/h4-9,11-12H,2-3,10,13H2,1H3,(H2,22,23,24,25). The quantitative estimate of drug-likeness (QED) is 0.511. The molecular formula is C21H21N3O4S. The van der Waals surface area contributed by atoms with Crippen LogP contribution in [0.15, 0.2) is 47.8 Å². The first kappa shape index (κ1) is 19.1. The van der Waals surface area contributed by atoms with Gasteiger partial charge in [0.05, 0.1) is 12.3 Å². The Hall–Kier alpha value is -3.26. The van der Waals surface area contributed by atoms with E-state index in [0.29, 0.717) is 23.2 Å². The van der Waals surface area contributed by atoms with Crippen LogP contribution in [-0.2, 0) is 0 Å². The number of benzene rings is 2. The van der Waals surface area contributed by atoms with E-state index in [1.807, 2.05) is 35.7 Å². The van der Waals surface area contributed by atoms with Crippen LogP contribution in [-0.4, -0.2) is 24.4 Å². The van der Waals surface area contributed by atoms with E-state index in [1.165, 1.54) is 11.3 Å². The Morgan fingerprint density at radius 3 is 2.79 bits per heavy atom. The summed E-state index contributed by atoms with van der Waals surface area (Å²) in [7, 11) is 0. The maximum absolute atomic E-state index is 12.3. The summed E-state index contributed by atoms with van der Waals surface area (Å²) in [4.78, 5) is 16.7. The van der Waals surface area contributed by atoms with Gasteiger partial charge in [-0.2, -0.15) is 0 Å². The van der Waals surface area contributed by atoms with Crippen molar-refractivity contribution in [2.24, 2.45) is 0 Å². The zero-order valence-corrected chi connectivity index (χ0v) is 16.8. The van der Waals surface area contributed by atoms with Crippen molar-refractivity contribution in [1.29, 1.82) is 0 Å². The molecule has 0 bridgehead atoms. The smallest absolute Gasteiger partial charge is 0.325 e. The van der Waals surface area contributed by atoms with Crippen molar-refractivity contribution in [2.45, 2.75) is 19.8 Å². The van der Waals surface area contributed by atoms with Gasteiger partial charge in [-0.3, -0.25) is 5.32 Å². The molecule has 0 saturated carbocycles. The van der Waals surface area contributed by atoms with Crippen LogP contribution in [0.1, 0.15) is 19.8 Å². The molecule has 1 aromatic heterocycles. The minimum Gasteiger partial charge on any atom is -0.494 e. The number of thiazole rings is 1. The van der Waals surface area contributed by atoms with Crippen LogP contribution < -0.4 is 24.8 Å². The van der Waals surface area contributed by atoms with E-state index >= 15 is 0 Å². The first-order valence-corrected chi connectivity index (χ1v) is 10.3. The molecule has 2 heterocycles. The molecule has 0 fully saturated rings. The van der Waals surface area contributed by atoms with Crippen LogP contribution in [0.2, 0.25) is 0 Å². The number of carbonyl (C=O) groups excluding carboxylic acids is 1. The molecule has 0 radical (unpaired) electrons. The molecule has 2 amide bonds. The molecule has 0 saturated heterocycles. The Balaban J connectivity index is 1.33. The molecule has 8 heteroatoms. The maximum Gasteiger partial charge on any atom is 0.325 e. The Morgan fingerprint density at radius 1 is 1.14 bits per heavy atom. The minimum atomic E-state index is -0.351. The van der Waals surface area contributed by atoms with Gasteiger partial charge in [-0.1, -0.05) is 13.3 Å². The largest absolute Gasteiger partial charge is 0.494 e. The number of nitrogens with zero attached hydrogens (tertiary/aromatic N) is 1. The number of nitrogens with one attached hydrogen (secondary N) is 2. The Morgan fingerprint density at radius 2 is 1.97 bits per heavy atom. The van der Waals surface area contributed by atoms with Crippen LogP contribution in [0.25, 0.3) is 11.3 Å². The van der Waals surface area contributed by atoms with Crippen molar-refractivity contribution in [3.63, 3.8) is 0 Å². The molecule has 1 aliphatic heterocycles. The zero-order chi connectivity index (χ0) is 20.1. The molecule has 150 valence electrons. The Kier molecular flexibility index (Phi) is 5.81. The molecule has 0 atom stereocenters. The third-order valence-electron chi connectivity index (χ3n) is 4.27. The molecule has 29 heavy (non-hydrogen) atoms. The highest BCUT2D eigenvalue weighted by atomic mass is 32.1. The van der Waals surface area contributed by atoms with E-state index in [1.54, 1.807) is 12.1 Å². The van der Waals surface area contributed by atoms with Crippen LogP contribution in [0, 0.1) is 0 Å². The molecular weight excluding hydrogens is 390 g/mol. The number of hydrogen-bond donors (Lipinski definition) is 2. The number of aromatic nitrogens is 1. The number of amides is 2. The number of carbonyl (C=O) groups is 1. The number of fused-ring (bicyclic) bond motifs is 1. The van der Waals surface area contributed by atoms with E-state index in [2.05, 4.69) is 22.5 Å². The predicted molar refractivity (Wildman–Crippen MR) is 113 cm³/mol. The van der Waals surface area contributed by atoms with Crippen LogP contribution >= 0.6 is 11.3 Å². The monoisotopic (exact) mass is 411 g/mol. The number of anilines is 2. The van der Waals surface area contributed by atoms with Crippen molar-refractivity contribution in [3.8, 4) is 28.5 Å². The fourth-order valence-electron chi connectivity index (χ4n) is 2.75. The molecule has 0 unspecified atom stereocenters. The molecule has 3 aromatic rings. The van der Waals surface area contributed by atoms with Crippen molar-refractivity contribution in [2.75, 3.05) is 24.0 Å². The highest BCUT2D eigenvalue weighted by Crippen LogP contribution is 2.36. The maximum atomic E-state index is 12.3. The van der Waals surface area contributed by atoms with Gasteiger partial charge < -0.3 is 19.5 Å². The van der Waals surface area contributed by atoms with E-state index in [-0.39, 0.29) is 12.8 Å². The summed E-state index contributed by atoms with van der Waals surface area (Å²) in [6.45, 7) is 3.05. The van der Waals surface area contributed by atoms with E-state index in [4.69, 9.17) is 14.2 Å². The third kappa shape index (κ3) is 4.78. The van der Waals surface area contributed by atoms with Gasteiger partial charge in [-0.05, 0) is 48.9 Å². The first-order chi connectivity index (χ1) is 14.2. The summed E-state index contributed by atoms with van der Waals surface area (Å²) in [6.07, 6.45) is 2.11. The lowest BCUT2D eigenvalue weighted by molar-refractivity contribution is 0.174. The lowest BCUT2D eigenvalue weighted by Crippen LogP contribution is -2.19. The van der Waals surface area contributed by atoms with Crippen molar-refractivity contribution in [1.82, 2.24) is 4.98 Å². The van der Waals surface area contributed by atoms with Crippen molar-refractivity contribution < 1.29 is 19.0 Å². The van der Waals surface area contributed by atoms with Gasteiger partial charge in [0, 0.05) is 16.6 Å². The summed E-state index contributed by atoms with van der Waals surface area (Å²) >= 11 is 1.36. The number of rotatable bonds is 7.